The molecule has 2 aromatic heterocycles. The maximum Gasteiger partial charge on any atom is 0.0954 e. The molecule has 5 heteroatoms. The van der Waals surface area contributed by atoms with E-state index in [2.05, 4.69) is 42.6 Å². The average molecular weight is 279 g/mol. The minimum atomic E-state index is -0.00177. The SMILES string of the molecule is CCCNC(c1ccoc1)c1snnc1C(C)(C)C. The highest BCUT2D eigenvalue weighted by Crippen LogP contribution is 2.33. The zero-order valence-corrected chi connectivity index (χ0v) is 12.8. The monoisotopic (exact) mass is 279 g/mol. The molecule has 0 spiro atoms. The van der Waals surface area contributed by atoms with Gasteiger partial charge in [0.15, 0.2) is 0 Å². The van der Waals surface area contributed by atoms with Crippen LogP contribution >= 0.6 is 11.5 Å². The molecule has 1 atom stereocenters. The van der Waals surface area contributed by atoms with Crippen LogP contribution in [0.1, 0.15) is 56.3 Å². The maximum absolute atomic E-state index is 5.22. The van der Waals surface area contributed by atoms with Crippen molar-refractivity contribution in [2.75, 3.05) is 6.54 Å². The second kappa shape index (κ2) is 5.84. The summed E-state index contributed by atoms with van der Waals surface area (Å²) >= 11 is 1.47. The quantitative estimate of drug-likeness (QED) is 0.910. The summed E-state index contributed by atoms with van der Waals surface area (Å²) in [5, 5.41) is 7.88. The molecule has 0 aliphatic carbocycles. The van der Waals surface area contributed by atoms with Crippen molar-refractivity contribution in [2.45, 2.75) is 45.6 Å². The predicted octanol–water partition coefficient (Wildman–Crippen LogP) is 3.52. The predicted molar refractivity (Wildman–Crippen MR) is 77.5 cm³/mol. The standard InChI is InChI=1S/C14H21N3OS/c1-5-7-15-11(10-6-8-18-9-10)12-13(14(2,3)4)16-17-19-12/h6,8-9,11,15H,5,7H2,1-4H3. The molecule has 1 N–H and O–H groups in total. The zero-order chi connectivity index (χ0) is 13.9. The lowest BCUT2D eigenvalue weighted by molar-refractivity contribution is 0.529. The first-order chi connectivity index (χ1) is 9.04. The minimum Gasteiger partial charge on any atom is -0.472 e. The number of nitrogens with zero attached hydrogens (tertiary/aromatic N) is 2. The van der Waals surface area contributed by atoms with Gasteiger partial charge in [-0.3, -0.25) is 0 Å². The highest BCUT2D eigenvalue weighted by molar-refractivity contribution is 7.05. The Morgan fingerprint density at radius 2 is 2.21 bits per heavy atom. The summed E-state index contributed by atoms with van der Waals surface area (Å²) in [6.45, 7) is 9.62. The van der Waals surface area contributed by atoms with Gasteiger partial charge in [0.1, 0.15) is 0 Å². The van der Waals surface area contributed by atoms with E-state index in [4.69, 9.17) is 4.42 Å². The van der Waals surface area contributed by atoms with Gasteiger partial charge in [-0.25, -0.2) is 0 Å². The molecule has 0 saturated carbocycles. The Balaban J connectivity index is 2.36. The molecule has 2 aromatic rings. The van der Waals surface area contributed by atoms with Gasteiger partial charge in [0.25, 0.3) is 0 Å². The molecule has 0 fully saturated rings. The lowest BCUT2D eigenvalue weighted by Gasteiger charge is -2.22. The molecular formula is C14H21N3OS. The van der Waals surface area contributed by atoms with E-state index in [9.17, 15) is 0 Å². The topological polar surface area (TPSA) is 51.0 Å². The van der Waals surface area contributed by atoms with Crippen molar-refractivity contribution >= 4 is 11.5 Å². The Kier molecular flexibility index (Phi) is 4.37. The smallest absolute Gasteiger partial charge is 0.0954 e. The highest BCUT2D eigenvalue weighted by atomic mass is 32.1. The number of furan rings is 1. The molecule has 0 aliphatic heterocycles. The van der Waals surface area contributed by atoms with Gasteiger partial charge in [-0.2, -0.15) is 0 Å². The van der Waals surface area contributed by atoms with Crippen molar-refractivity contribution in [2.24, 2.45) is 0 Å². The molecule has 0 radical (unpaired) electrons. The number of aromatic nitrogens is 2. The Morgan fingerprint density at radius 1 is 1.42 bits per heavy atom. The summed E-state index contributed by atoms with van der Waals surface area (Å²) in [7, 11) is 0. The van der Waals surface area contributed by atoms with Gasteiger partial charge in [0.2, 0.25) is 0 Å². The van der Waals surface area contributed by atoms with Crippen LogP contribution in [0.25, 0.3) is 0 Å². The minimum absolute atomic E-state index is 0.00177. The van der Waals surface area contributed by atoms with Gasteiger partial charge in [-0.05, 0) is 30.6 Å². The van der Waals surface area contributed by atoms with E-state index in [1.54, 1.807) is 12.5 Å². The normalized spacial score (nSPS) is 13.7. The van der Waals surface area contributed by atoms with Crippen LogP contribution in [0.3, 0.4) is 0 Å². The van der Waals surface area contributed by atoms with Crippen molar-refractivity contribution in [3.63, 3.8) is 0 Å². The molecule has 2 rings (SSSR count). The third kappa shape index (κ3) is 3.22. The van der Waals surface area contributed by atoms with Gasteiger partial charge in [-0.1, -0.05) is 32.2 Å². The first kappa shape index (κ1) is 14.2. The molecule has 19 heavy (non-hydrogen) atoms. The third-order valence-corrected chi connectivity index (χ3v) is 3.75. The van der Waals surface area contributed by atoms with Crippen LogP contribution in [0.5, 0.6) is 0 Å². The molecule has 0 saturated heterocycles. The lowest BCUT2D eigenvalue weighted by Crippen LogP contribution is -2.25. The summed E-state index contributed by atoms with van der Waals surface area (Å²) in [4.78, 5) is 1.18. The molecule has 0 aliphatic rings. The zero-order valence-electron chi connectivity index (χ0n) is 11.9. The Hall–Kier alpha value is -1.20. The van der Waals surface area contributed by atoms with Crippen molar-refractivity contribution in [3.8, 4) is 0 Å². The maximum atomic E-state index is 5.22. The molecule has 4 nitrogen and oxygen atoms in total. The second-order valence-electron chi connectivity index (χ2n) is 5.68. The molecule has 2 heterocycles. The van der Waals surface area contributed by atoms with Crippen LogP contribution in [0.15, 0.2) is 23.0 Å². The molecule has 0 aromatic carbocycles. The van der Waals surface area contributed by atoms with E-state index >= 15 is 0 Å². The largest absolute Gasteiger partial charge is 0.472 e. The number of hydrogen-bond acceptors (Lipinski definition) is 5. The number of hydrogen-bond donors (Lipinski definition) is 1. The van der Waals surface area contributed by atoms with Crippen LogP contribution in [0, 0.1) is 0 Å². The van der Waals surface area contributed by atoms with Crippen LogP contribution in [-0.4, -0.2) is 16.1 Å². The molecule has 0 amide bonds. The number of rotatable bonds is 5. The van der Waals surface area contributed by atoms with Crippen LogP contribution in [-0.2, 0) is 5.41 Å². The Morgan fingerprint density at radius 3 is 2.79 bits per heavy atom. The summed E-state index contributed by atoms with van der Waals surface area (Å²) in [6, 6.07) is 2.12. The average Bonchev–Trinajstić information content (AvgIpc) is 2.99. The first-order valence-electron chi connectivity index (χ1n) is 6.62. The summed E-state index contributed by atoms with van der Waals surface area (Å²) in [6.07, 6.45) is 4.59. The summed E-state index contributed by atoms with van der Waals surface area (Å²) in [5.41, 5.74) is 2.19. The fourth-order valence-corrected chi connectivity index (χ4v) is 2.97. The van der Waals surface area contributed by atoms with Crippen molar-refractivity contribution in [1.29, 1.82) is 0 Å². The fraction of sp³-hybridized carbons (Fsp3) is 0.571. The molecule has 1 unspecified atom stereocenters. The highest BCUT2D eigenvalue weighted by Gasteiger charge is 2.28. The molecular weight excluding hydrogens is 258 g/mol. The Bertz CT molecular complexity index is 499. The van der Waals surface area contributed by atoms with Gasteiger partial charge >= 0.3 is 0 Å². The van der Waals surface area contributed by atoms with Gasteiger partial charge in [-0.15, -0.1) is 5.10 Å². The number of nitrogens with one attached hydrogen (secondary N) is 1. The van der Waals surface area contributed by atoms with Crippen LogP contribution in [0.2, 0.25) is 0 Å². The fourth-order valence-electron chi connectivity index (χ4n) is 2.00. The van der Waals surface area contributed by atoms with E-state index in [1.807, 2.05) is 6.07 Å². The van der Waals surface area contributed by atoms with Crippen molar-refractivity contribution in [1.82, 2.24) is 14.9 Å². The molecule has 0 bridgehead atoms. The van der Waals surface area contributed by atoms with Crippen LogP contribution in [0.4, 0.5) is 0 Å². The third-order valence-electron chi connectivity index (χ3n) is 2.96. The lowest BCUT2D eigenvalue weighted by atomic mass is 9.89. The van der Waals surface area contributed by atoms with Crippen molar-refractivity contribution < 1.29 is 4.42 Å². The van der Waals surface area contributed by atoms with E-state index in [1.165, 1.54) is 16.4 Å². The van der Waals surface area contributed by atoms with Gasteiger partial charge in [0.05, 0.1) is 29.1 Å². The van der Waals surface area contributed by atoms with Crippen LogP contribution < -0.4 is 5.32 Å². The summed E-state index contributed by atoms with van der Waals surface area (Å²) in [5.74, 6) is 0. The second-order valence-corrected chi connectivity index (χ2v) is 6.47. The van der Waals surface area contributed by atoms with E-state index in [-0.39, 0.29) is 11.5 Å². The summed E-state index contributed by atoms with van der Waals surface area (Å²) < 4.78 is 9.37. The first-order valence-corrected chi connectivity index (χ1v) is 7.39. The van der Waals surface area contributed by atoms with Gasteiger partial charge < -0.3 is 9.73 Å². The van der Waals surface area contributed by atoms with Gasteiger partial charge in [0, 0.05) is 11.0 Å². The Labute approximate surface area is 118 Å². The van der Waals surface area contributed by atoms with E-state index < -0.39 is 0 Å². The van der Waals surface area contributed by atoms with E-state index in [0.29, 0.717) is 0 Å². The van der Waals surface area contributed by atoms with E-state index in [0.717, 1.165) is 24.2 Å². The van der Waals surface area contributed by atoms with Crippen molar-refractivity contribution in [3.05, 3.63) is 34.7 Å². The molecule has 104 valence electrons.